The van der Waals surface area contributed by atoms with Crippen LogP contribution in [0.25, 0.3) is 0 Å². The number of amides is 1. The quantitative estimate of drug-likeness (QED) is 0.636. The number of nitrogens with zero attached hydrogens (tertiary/aromatic N) is 3. The van der Waals surface area contributed by atoms with E-state index in [1.54, 1.807) is 4.90 Å². The van der Waals surface area contributed by atoms with Crippen LogP contribution in [-0.2, 0) is 14.3 Å². The monoisotopic (exact) mass is 490 g/mol. The first-order chi connectivity index (χ1) is 14.5. The van der Waals surface area contributed by atoms with Crippen molar-refractivity contribution in [3.05, 3.63) is 30.1 Å². The van der Waals surface area contributed by atoms with Crippen LogP contribution in [-0.4, -0.2) is 80.1 Å². The van der Waals surface area contributed by atoms with Crippen LogP contribution < -0.4 is 10.6 Å². The molecule has 1 spiro atoms. The molecule has 0 radical (unpaired) electrons. The van der Waals surface area contributed by atoms with E-state index in [0.717, 1.165) is 51.3 Å². The van der Waals surface area contributed by atoms with Gasteiger partial charge in [0.15, 0.2) is 0 Å². The number of benzene rings is 1. The smallest absolute Gasteiger partial charge is 0.312 e. The maximum absolute atomic E-state index is 13.1. The topological polar surface area (TPSA) is 79.1 Å². The summed E-state index contributed by atoms with van der Waals surface area (Å²) in [7, 11) is 0. The first-order valence-electron chi connectivity index (χ1n) is 10.9. The number of piperazine rings is 1. The van der Waals surface area contributed by atoms with E-state index >= 15 is 0 Å². The summed E-state index contributed by atoms with van der Waals surface area (Å²) >= 11 is 0. The third-order valence-electron chi connectivity index (χ3n) is 6.90. The molecule has 3 aliphatic heterocycles. The number of likely N-dealkylation sites (tertiary alicyclic amines) is 1. The number of piperidine rings is 1. The van der Waals surface area contributed by atoms with Gasteiger partial charge in [-0.1, -0.05) is 0 Å². The minimum Gasteiger partial charge on any atom is -0.462 e. The Balaban J connectivity index is 0.00000181. The molecular formula is C22H33Cl2FN4O3. The van der Waals surface area contributed by atoms with Crippen molar-refractivity contribution in [3.8, 4) is 0 Å². The van der Waals surface area contributed by atoms with Gasteiger partial charge < -0.3 is 20.3 Å². The van der Waals surface area contributed by atoms with Gasteiger partial charge in [0.2, 0.25) is 5.91 Å². The SMILES string of the molecule is Cl.Cl.NCC(=O)N1CCC2(CC1)C[C@H](CCN1CCN(c3ccc(F)cc3)CC1)OC2=O. The Labute approximate surface area is 201 Å². The fourth-order valence-electron chi connectivity index (χ4n) is 4.93. The molecule has 3 aliphatic rings. The van der Waals surface area contributed by atoms with E-state index in [2.05, 4.69) is 9.80 Å². The molecule has 0 unspecified atom stereocenters. The van der Waals surface area contributed by atoms with Gasteiger partial charge in [0.1, 0.15) is 11.9 Å². The summed E-state index contributed by atoms with van der Waals surface area (Å²) in [6, 6.07) is 6.66. The van der Waals surface area contributed by atoms with Gasteiger partial charge in [0.25, 0.3) is 0 Å². The Hall–Kier alpha value is -1.61. The Morgan fingerprint density at radius 2 is 1.69 bits per heavy atom. The second-order valence-corrected chi connectivity index (χ2v) is 8.69. The van der Waals surface area contributed by atoms with Gasteiger partial charge in [-0.25, -0.2) is 4.39 Å². The average Bonchev–Trinajstić information content (AvgIpc) is 3.08. The molecule has 10 heteroatoms. The largest absolute Gasteiger partial charge is 0.462 e. The molecule has 32 heavy (non-hydrogen) atoms. The molecule has 180 valence electrons. The van der Waals surface area contributed by atoms with Gasteiger partial charge in [0.05, 0.1) is 12.0 Å². The highest BCUT2D eigenvalue weighted by molar-refractivity contribution is 5.85. The molecule has 7 nitrogen and oxygen atoms in total. The fraction of sp³-hybridized carbons (Fsp3) is 0.636. The van der Waals surface area contributed by atoms with E-state index in [-0.39, 0.29) is 55.2 Å². The lowest BCUT2D eigenvalue weighted by Gasteiger charge is -2.37. The van der Waals surface area contributed by atoms with Crippen LogP contribution in [0.5, 0.6) is 0 Å². The maximum Gasteiger partial charge on any atom is 0.312 e. The molecule has 0 bridgehead atoms. The van der Waals surface area contributed by atoms with Crippen LogP contribution in [0.4, 0.5) is 10.1 Å². The summed E-state index contributed by atoms with van der Waals surface area (Å²) in [4.78, 5) is 30.8. The lowest BCUT2D eigenvalue weighted by Crippen LogP contribution is -2.47. The van der Waals surface area contributed by atoms with Gasteiger partial charge in [-0.05, 0) is 43.5 Å². The van der Waals surface area contributed by atoms with Crippen molar-refractivity contribution in [2.45, 2.75) is 31.8 Å². The normalized spacial score (nSPS) is 22.8. The molecule has 3 heterocycles. The zero-order valence-electron chi connectivity index (χ0n) is 18.2. The Morgan fingerprint density at radius 3 is 2.28 bits per heavy atom. The molecule has 2 N–H and O–H groups in total. The van der Waals surface area contributed by atoms with Crippen LogP contribution in [0.15, 0.2) is 24.3 Å². The number of anilines is 1. The molecule has 1 atom stereocenters. The summed E-state index contributed by atoms with van der Waals surface area (Å²) in [6.07, 6.45) is 2.90. The Kier molecular flexibility index (Phi) is 9.57. The van der Waals surface area contributed by atoms with E-state index in [1.165, 1.54) is 12.1 Å². The van der Waals surface area contributed by atoms with Crippen LogP contribution >= 0.6 is 24.8 Å². The number of hydrogen-bond acceptors (Lipinski definition) is 6. The second-order valence-electron chi connectivity index (χ2n) is 8.69. The number of nitrogens with two attached hydrogens (primary N) is 1. The molecular weight excluding hydrogens is 458 g/mol. The van der Waals surface area contributed by atoms with E-state index in [1.807, 2.05) is 12.1 Å². The number of carbonyl (C=O) groups is 2. The number of carbonyl (C=O) groups excluding carboxylic acids is 2. The molecule has 1 amide bonds. The summed E-state index contributed by atoms with van der Waals surface area (Å²) in [5.74, 6) is -0.348. The van der Waals surface area contributed by atoms with Crippen LogP contribution in [0.2, 0.25) is 0 Å². The predicted octanol–water partition coefficient (Wildman–Crippen LogP) is 2.06. The number of rotatable bonds is 5. The number of esters is 1. The molecule has 1 aromatic rings. The maximum atomic E-state index is 13.1. The van der Waals surface area contributed by atoms with E-state index < -0.39 is 5.41 Å². The lowest BCUT2D eigenvalue weighted by atomic mass is 9.75. The molecule has 0 saturated carbocycles. The number of hydrogen-bond donors (Lipinski definition) is 1. The van der Waals surface area contributed by atoms with Crippen molar-refractivity contribution in [2.24, 2.45) is 11.1 Å². The van der Waals surface area contributed by atoms with Crippen molar-refractivity contribution in [2.75, 3.05) is 57.3 Å². The van der Waals surface area contributed by atoms with Crippen LogP contribution in [0.3, 0.4) is 0 Å². The number of cyclic esters (lactones) is 1. The van der Waals surface area contributed by atoms with Crippen molar-refractivity contribution < 1.29 is 18.7 Å². The predicted molar refractivity (Wildman–Crippen MR) is 126 cm³/mol. The summed E-state index contributed by atoms with van der Waals surface area (Å²) in [5.41, 5.74) is 6.09. The molecule has 0 aromatic heterocycles. The van der Waals surface area contributed by atoms with Crippen molar-refractivity contribution in [1.82, 2.24) is 9.80 Å². The lowest BCUT2D eigenvalue weighted by molar-refractivity contribution is -0.152. The zero-order chi connectivity index (χ0) is 21.1. The Bertz CT molecular complexity index is 767. The summed E-state index contributed by atoms with van der Waals surface area (Å²) < 4.78 is 18.8. The van der Waals surface area contributed by atoms with Crippen molar-refractivity contribution in [1.29, 1.82) is 0 Å². The Morgan fingerprint density at radius 1 is 1.06 bits per heavy atom. The molecule has 3 fully saturated rings. The van der Waals surface area contributed by atoms with E-state index in [0.29, 0.717) is 25.9 Å². The van der Waals surface area contributed by atoms with Gasteiger partial charge in [-0.2, -0.15) is 0 Å². The third-order valence-corrected chi connectivity index (χ3v) is 6.90. The molecule has 4 rings (SSSR count). The molecule has 3 saturated heterocycles. The van der Waals surface area contributed by atoms with Gasteiger partial charge in [0, 0.05) is 57.9 Å². The van der Waals surface area contributed by atoms with Gasteiger partial charge in [-0.15, -0.1) is 24.8 Å². The fourth-order valence-corrected chi connectivity index (χ4v) is 4.93. The van der Waals surface area contributed by atoms with Gasteiger partial charge in [-0.3, -0.25) is 14.5 Å². The van der Waals surface area contributed by atoms with Crippen LogP contribution in [0, 0.1) is 11.2 Å². The first-order valence-corrected chi connectivity index (χ1v) is 10.9. The molecule has 0 aliphatic carbocycles. The average molecular weight is 491 g/mol. The standard InChI is InChI=1S/C22H31FN4O3.2ClH/c23-17-1-3-18(4-2-17)26-13-11-25(12-14-26)8-5-19-15-22(21(29)30-19)6-9-27(10-7-22)20(28)16-24;;/h1-4,19H,5-16,24H2;2*1H/t19-;;/m0../s1. The first kappa shape index (κ1) is 26.6. The van der Waals surface area contributed by atoms with E-state index in [9.17, 15) is 14.0 Å². The van der Waals surface area contributed by atoms with Gasteiger partial charge >= 0.3 is 5.97 Å². The zero-order valence-corrected chi connectivity index (χ0v) is 19.8. The van der Waals surface area contributed by atoms with E-state index in [4.69, 9.17) is 10.5 Å². The highest BCUT2D eigenvalue weighted by Crippen LogP contribution is 2.43. The highest BCUT2D eigenvalue weighted by Gasteiger charge is 2.50. The van der Waals surface area contributed by atoms with Crippen LogP contribution in [0.1, 0.15) is 25.7 Å². The minimum atomic E-state index is -0.419. The second kappa shape index (κ2) is 11.5. The summed E-state index contributed by atoms with van der Waals surface area (Å²) in [5, 5.41) is 0. The minimum absolute atomic E-state index is 0. The van der Waals surface area contributed by atoms with Crippen molar-refractivity contribution in [3.63, 3.8) is 0 Å². The number of ether oxygens (including phenoxy) is 1. The molecule has 1 aromatic carbocycles. The highest BCUT2D eigenvalue weighted by atomic mass is 35.5. The third kappa shape index (κ3) is 5.84. The number of halogens is 3. The van der Waals surface area contributed by atoms with Crippen molar-refractivity contribution >= 4 is 42.4 Å². The summed E-state index contributed by atoms with van der Waals surface area (Å²) in [6.45, 7) is 5.80.